The number of hydrogen-bond acceptors (Lipinski definition) is 6. The molecule has 0 saturated heterocycles. The molecule has 3 rings (SSSR count). The molecule has 1 heterocycles. The topological polar surface area (TPSA) is 81.9 Å². The van der Waals surface area contributed by atoms with Gasteiger partial charge in [0.05, 0.1) is 18.6 Å². The van der Waals surface area contributed by atoms with Gasteiger partial charge in [-0.1, -0.05) is 36.0 Å². The van der Waals surface area contributed by atoms with Crippen molar-refractivity contribution in [3.05, 3.63) is 59.2 Å². The second-order valence-electron chi connectivity index (χ2n) is 6.42. The number of amides is 1. The molecule has 0 aliphatic heterocycles. The number of carbonyl (C=O) groups is 1. The molecule has 28 heavy (non-hydrogen) atoms. The van der Waals surface area contributed by atoms with Crippen molar-refractivity contribution in [2.75, 3.05) is 19.4 Å². The minimum Gasteiger partial charge on any atom is -0.496 e. The minimum atomic E-state index is -0.0603. The Bertz CT molecular complexity index is 937. The van der Waals surface area contributed by atoms with E-state index in [4.69, 9.17) is 4.74 Å². The fraction of sp³-hybridized carbons (Fsp3) is 0.300. The van der Waals surface area contributed by atoms with E-state index in [0.717, 1.165) is 28.1 Å². The molecule has 0 radical (unpaired) electrons. The van der Waals surface area contributed by atoms with Crippen LogP contribution in [0.4, 0.5) is 0 Å². The third kappa shape index (κ3) is 5.10. The van der Waals surface area contributed by atoms with Crippen molar-refractivity contribution in [3.8, 4) is 11.4 Å². The number of carbonyl (C=O) groups excluding carboxylic acids is 1. The maximum absolute atomic E-state index is 12.2. The molecule has 0 saturated carbocycles. The number of thioether (sulfide) groups is 1. The Morgan fingerprint density at radius 1 is 1.18 bits per heavy atom. The molecule has 0 fully saturated rings. The van der Waals surface area contributed by atoms with Gasteiger partial charge in [0.25, 0.3) is 0 Å². The highest BCUT2D eigenvalue weighted by Crippen LogP contribution is 2.20. The lowest BCUT2D eigenvalue weighted by Crippen LogP contribution is -2.27. The second kappa shape index (κ2) is 9.36. The smallest absolute Gasteiger partial charge is 0.230 e. The van der Waals surface area contributed by atoms with Gasteiger partial charge in [0, 0.05) is 6.54 Å². The number of tetrazole rings is 1. The predicted octanol–water partition coefficient (Wildman–Crippen LogP) is 2.74. The number of ether oxygens (including phenoxy) is 1. The molecule has 1 aromatic heterocycles. The first-order valence-corrected chi connectivity index (χ1v) is 9.94. The van der Waals surface area contributed by atoms with Gasteiger partial charge in [-0.2, -0.15) is 4.68 Å². The van der Waals surface area contributed by atoms with Crippen LogP contribution in [0, 0.1) is 13.8 Å². The molecule has 1 N–H and O–H groups in total. The number of para-hydroxylation sites is 1. The number of nitrogens with zero attached hydrogens (tertiary/aromatic N) is 4. The quantitative estimate of drug-likeness (QED) is 0.589. The summed E-state index contributed by atoms with van der Waals surface area (Å²) < 4.78 is 6.99. The normalized spacial score (nSPS) is 10.7. The molecule has 8 heteroatoms. The lowest BCUT2D eigenvalue weighted by Gasteiger charge is -2.09. The van der Waals surface area contributed by atoms with Gasteiger partial charge in [-0.05, 0) is 65.6 Å². The van der Waals surface area contributed by atoms with Crippen LogP contribution >= 0.6 is 11.8 Å². The third-order valence-corrected chi connectivity index (χ3v) is 5.05. The average molecular weight is 398 g/mol. The zero-order valence-electron chi connectivity index (χ0n) is 16.2. The van der Waals surface area contributed by atoms with Gasteiger partial charge in [-0.25, -0.2) is 0 Å². The Morgan fingerprint density at radius 2 is 1.93 bits per heavy atom. The average Bonchev–Trinajstić information content (AvgIpc) is 3.15. The first kappa shape index (κ1) is 19.9. The van der Waals surface area contributed by atoms with E-state index in [9.17, 15) is 4.79 Å². The molecule has 0 aliphatic rings. The molecule has 146 valence electrons. The van der Waals surface area contributed by atoms with Crippen LogP contribution in [0.1, 0.15) is 16.7 Å². The van der Waals surface area contributed by atoms with Gasteiger partial charge in [0.2, 0.25) is 11.1 Å². The Hall–Kier alpha value is -2.87. The lowest BCUT2D eigenvalue weighted by molar-refractivity contribution is -0.118. The summed E-state index contributed by atoms with van der Waals surface area (Å²) in [7, 11) is 1.65. The van der Waals surface area contributed by atoms with E-state index in [0.29, 0.717) is 18.1 Å². The number of aryl methyl sites for hydroxylation is 2. The molecular formula is C20H23N5O2S. The van der Waals surface area contributed by atoms with Gasteiger partial charge in [-0.3, -0.25) is 4.79 Å². The molecular weight excluding hydrogens is 374 g/mol. The number of methoxy groups -OCH3 is 1. The van der Waals surface area contributed by atoms with Crippen molar-refractivity contribution in [2.45, 2.75) is 25.4 Å². The van der Waals surface area contributed by atoms with E-state index in [2.05, 4.69) is 26.9 Å². The maximum atomic E-state index is 12.2. The molecule has 3 aromatic rings. The SMILES string of the molecule is COc1ccccc1CCNC(=O)CSc1nnnn1-c1cc(C)cc(C)c1. The highest BCUT2D eigenvalue weighted by atomic mass is 32.2. The standard InChI is InChI=1S/C20H23N5O2S/c1-14-10-15(2)12-17(11-14)25-20(22-23-24-25)28-13-19(26)21-9-8-16-6-4-5-7-18(16)27-3/h4-7,10-12H,8-9,13H2,1-3H3,(H,21,26). The number of hydrogen-bond donors (Lipinski definition) is 1. The van der Waals surface area contributed by atoms with Crippen molar-refractivity contribution in [1.29, 1.82) is 0 Å². The molecule has 0 unspecified atom stereocenters. The van der Waals surface area contributed by atoms with Gasteiger partial charge in [0.15, 0.2) is 0 Å². The van der Waals surface area contributed by atoms with E-state index >= 15 is 0 Å². The van der Waals surface area contributed by atoms with Gasteiger partial charge in [-0.15, -0.1) is 5.10 Å². The summed E-state index contributed by atoms with van der Waals surface area (Å²) in [6.07, 6.45) is 0.709. The first-order valence-electron chi connectivity index (χ1n) is 8.95. The van der Waals surface area contributed by atoms with Crippen LogP contribution in [0.15, 0.2) is 47.6 Å². The van der Waals surface area contributed by atoms with E-state index in [-0.39, 0.29) is 11.7 Å². The highest BCUT2D eigenvalue weighted by Gasteiger charge is 2.12. The largest absolute Gasteiger partial charge is 0.496 e. The van der Waals surface area contributed by atoms with Crippen LogP contribution in [0.5, 0.6) is 5.75 Å². The number of benzene rings is 2. The molecule has 1 amide bonds. The van der Waals surface area contributed by atoms with E-state index in [1.54, 1.807) is 11.8 Å². The van der Waals surface area contributed by atoms with E-state index in [1.165, 1.54) is 11.8 Å². The zero-order valence-corrected chi connectivity index (χ0v) is 17.0. The molecule has 0 bridgehead atoms. The molecule has 2 aromatic carbocycles. The number of rotatable bonds is 8. The molecule has 0 spiro atoms. The van der Waals surface area contributed by atoms with Crippen LogP contribution in [0.2, 0.25) is 0 Å². The lowest BCUT2D eigenvalue weighted by atomic mass is 10.1. The Kier molecular flexibility index (Phi) is 6.65. The summed E-state index contributed by atoms with van der Waals surface area (Å²) in [5.74, 6) is 1.02. The summed E-state index contributed by atoms with van der Waals surface area (Å²) in [5, 5.41) is 15.4. The Balaban J connectivity index is 1.53. The zero-order chi connectivity index (χ0) is 19.9. The molecule has 0 atom stereocenters. The van der Waals surface area contributed by atoms with Crippen LogP contribution in [-0.2, 0) is 11.2 Å². The van der Waals surface area contributed by atoms with Crippen molar-refractivity contribution in [1.82, 2.24) is 25.5 Å². The number of nitrogens with one attached hydrogen (secondary N) is 1. The fourth-order valence-electron chi connectivity index (χ4n) is 2.93. The predicted molar refractivity (Wildman–Crippen MR) is 109 cm³/mol. The van der Waals surface area contributed by atoms with Crippen molar-refractivity contribution in [2.24, 2.45) is 0 Å². The maximum Gasteiger partial charge on any atom is 0.230 e. The van der Waals surface area contributed by atoms with Gasteiger partial charge < -0.3 is 10.1 Å². The molecule has 7 nitrogen and oxygen atoms in total. The summed E-state index contributed by atoms with van der Waals surface area (Å²) in [6, 6.07) is 13.9. The minimum absolute atomic E-state index is 0.0603. The monoisotopic (exact) mass is 397 g/mol. The summed E-state index contributed by atoms with van der Waals surface area (Å²) in [6.45, 7) is 4.60. The summed E-state index contributed by atoms with van der Waals surface area (Å²) in [4.78, 5) is 12.2. The van der Waals surface area contributed by atoms with Crippen LogP contribution in [0.25, 0.3) is 5.69 Å². The van der Waals surface area contributed by atoms with Crippen LogP contribution in [-0.4, -0.2) is 45.5 Å². The molecule has 0 aliphatic carbocycles. The van der Waals surface area contributed by atoms with Crippen LogP contribution in [0.3, 0.4) is 0 Å². The Morgan fingerprint density at radius 3 is 2.68 bits per heavy atom. The summed E-state index contributed by atoms with van der Waals surface area (Å²) >= 11 is 1.31. The van der Waals surface area contributed by atoms with Gasteiger partial charge in [0.1, 0.15) is 5.75 Å². The summed E-state index contributed by atoms with van der Waals surface area (Å²) in [5.41, 5.74) is 4.23. The van der Waals surface area contributed by atoms with E-state index in [1.807, 2.05) is 50.2 Å². The van der Waals surface area contributed by atoms with Crippen molar-refractivity contribution >= 4 is 17.7 Å². The van der Waals surface area contributed by atoms with Crippen molar-refractivity contribution < 1.29 is 9.53 Å². The van der Waals surface area contributed by atoms with Crippen LogP contribution < -0.4 is 10.1 Å². The van der Waals surface area contributed by atoms with Crippen molar-refractivity contribution in [3.63, 3.8) is 0 Å². The second-order valence-corrected chi connectivity index (χ2v) is 7.36. The highest BCUT2D eigenvalue weighted by molar-refractivity contribution is 7.99. The first-order chi connectivity index (χ1) is 13.6. The number of aromatic nitrogens is 4. The van der Waals surface area contributed by atoms with E-state index < -0.39 is 0 Å². The third-order valence-electron chi connectivity index (χ3n) is 4.13. The Labute approximate surface area is 168 Å². The van der Waals surface area contributed by atoms with Gasteiger partial charge >= 0.3 is 0 Å². The fourth-order valence-corrected chi connectivity index (χ4v) is 3.65.